The number of hydrogen-bond donors (Lipinski definition) is 0. The lowest BCUT2D eigenvalue weighted by atomic mass is 9.96. The van der Waals surface area contributed by atoms with Gasteiger partial charge in [0.1, 0.15) is 11.5 Å². The molecule has 0 atom stereocenters. The summed E-state index contributed by atoms with van der Waals surface area (Å²) in [4.78, 5) is 19.7. The van der Waals surface area contributed by atoms with Crippen molar-refractivity contribution in [2.24, 2.45) is 0 Å². The number of pyridine rings is 2. The highest BCUT2D eigenvalue weighted by Gasteiger charge is 2.16. The molecule has 0 aliphatic rings. The van der Waals surface area contributed by atoms with Crippen molar-refractivity contribution in [3.63, 3.8) is 0 Å². The van der Waals surface area contributed by atoms with Crippen molar-refractivity contribution < 1.29 is 0 Å². The number of fused-ring (bicyclic) bond motifs is 8. The average molecular weight is 564 g/mol. The van der Waals surface area contributed by atoms with Crippen molar-refractivity contribution in [3.8, 4) is 33.6 Å². The highest BCUT2D eigenvalue weighted by atomic mass is 15.1. The van der Waals surface area contributed by atoms with Gasteiger partial charge in [0, 0.05) is 34.1 Å². The summed E-state index contributed by atoms with van der Waals surface area (Å²) in [6, 6.07) is 42.3. The molecule has 0 aliphatic heterocycles. The SMILES string of the molecule is Cc1ccc(-c2ccnc3c2ccc2c(-c4ccc(-c5nc6ccccc6c6nc7ccccc7n56)cc4)ccnc23)cc1. The van der Waals surface area contributed by atoms with Crippen LogP contribution in [0.3, 0.4) is 0 Å². The van der Waals surface area contributed by atoms with Crippen LogP contribution in [0, 0.1) is 6.92 Å². The topological polar surface area (TPSA) is 56.0 Å². The lowest BCUT2D eigenvalue weighted by Gasteiger charge is -2.12. The van der Waals surface area contributed by atoms with Crippen LogP contribution < -0.4 is 0 Å². The van der Waals surface area contributed by atoms with Crippen LogP contribution in [-0.4, -0.2) is 24.3 Å². The molecular weight excluding hydrogens is 538 g/mol. The maximum atomic E-state index is 5.13. The van der Waals surface area contributed by atoms with Crippen molar-refractivity contribution in [1.82, 2.24) is 24.3 Å². The van der Waals surface area contributed by atoms with E-state index in [1.807, 2.05) is 30.6 Å². The van der Waals surface area contributed by atoms with Crippen molar-refractivity contribution in [2.45, 2.75) is 6.92 Å². The molecule has 0 amide bonds. The van der Waals surface area contributed by atoms with Crippen molar-refractivity contribution >= 4 is 49.4 Å². The molecule has 0 N–H and O–H groups in total. The average Bonchev–Trinajstić information content (AvgIpc) is 3.48. The lowest BCUT2D eigenvalue weighted by molar-refractivity contribution is 1.16. The maximum Gasteiger partial charge on any atom is 0.149 e. The summed E-state index contributed by atoms with van der Waals surface area (Å²) in [5.41, 5.74) is 12.5. The third-order valence-electron chi connectivity index (χ3n) is 8.58. The molecule has 9 aromatic rings. The molecule has 0 fully saturated rings. The van der Waals surface area contributed by atoms with E-state index in [1.165, 1.54) is 11.1 Å². The number of hydrogen-bond acceptors (Lipinski definition) is 4. The molecule has 5 heteroatoms. The molecule has 9 rings (SSSR count). The molecule has 206 valence electrons. The first-order valence-electron chi connectivity index (χ1n) is 14.7. The molecule has 5 nitrogen and oxygen atoms in total. The summed E-state index contributed by atoms with van der Waals surface area (Å²) in [7, 11) is 0. The van der Waals surface area contributed by atoms with Gasteiger partial charge in [-0.05, 0) is 65.6 Å². The number of nitrogens with zero attached hydrogens (tertiary/aromatic N) is 5. The van der Waals surface area contributed by atoms with Crippen LogP contribution in [0.2, 0.25) is 0 Å². The van der Waals surface area contributed by atoms with E-state index in [0.29, 0.717) is 0 Å². The molecule has 0 saturated carbocycles. The monoisotopic (exact) mass is 563 g/mol. The van der Waals surface area contributed by atoms with Crippen molar-refractivity contribution in [2.75, 3.05) is 0 Å². The summed E-state index contributed by atoms with van der Waals surface area (Å²) < 4.78 is 2.18. The smallest absolute Gasteiger partial charge is 0.149 e. The van der Waals surface area contributed by atoms with Gasteiger partial charge in [-0.1, -0.05) is 90.5 Å². The van der Waals surface area contributed by atoms with Crippen LogP contribution >= 0.6 is 0 Å². The second-order valence-corrected chi connectivity index (χ2v) is 11.2. The standard InChI is InChI=1S/C39H25N5/c1-24-10-12-25(13-11-24)28-20-22-40-36-30(28)18-19-31-29(21-23-41-37(31)36)26-14-16-27(17-15-26)38-42-33-7-3-2-6-32(33)39-43-34-8-4-5-9-35(34)44(38)39/h2-23H,1H3. The maximum absolute atomic E-state index is 5.13. The lowest BCUT2D eigenvalue weighted by Crippen LogP contribution is -1.98. The Bertz CT molecular complexity index is 2550. The quantitative estimate of drug-likeness (QED) is 0.201. The third-order valence-corrected chi connectivity index (χ3v) is 8.58. The Morgan fingerprint density at radius 1 is 0.477 bits per heavy atom. The second-order valence-electron chi connectivity index (χ2n) is 11.2. The van der Waals surface area contributed by atoms with E-state index in [2.05, 4.69) is 114 Å². The molecule has 5 aromatic carbocycles. The predicted octanol–water partition coefficient (Wildman–Crippen LogP) is 9.44. The Hall–Kier alpha value is -5.94. The van der Waals surface area contributed by atoms with Crippen molar-refractivity contribution in [1.29, 1.82) is 0 Å². The number of rotatable bonds is 3. The van der Waals surface area contributed by atoms with E-state index in [0.717, 1.165) is 77.5 Å². The molecule has 0 radical (unpaired) electrons. The third kappa shape index (κ3) is 3.73. The zero-order chi connectivity index (χ0) is 29.2. The first kappa shape index (κ1) is 24.6. The van der Waals surface area contributed by atoms with Gasteiger partial charge in [-0.2, -0.15) is 0 Å². The van der Waals surface area contributed by atoms with E-state index in [9.17, 15) is 0 Å². The van der Waals surface area contributed by atoms with Crippen LogP contribution in [0.1, 0.15) is 5.56 Å². The number of aromatic nitrogens is 5. The Labute approximate surface area is 253 Å². The number of aryl methyl sites for hydroxylation is 1. The highest BCUT2D eigenvalue weighted by molar-refractivity contribution is 6.11. The minimum absolute atomic E-state index is 0.873. The summed E-state index contributed by atoms with van der Waals surface area (Å²) >= 11 is 0. The second kappa shape index (κ2) is 9.54. The zero-order valence-corrected chi connectivity index (χ0v) is 23.9. The minimum atomic E-state index is 0.873. The molecule has 0 bridgehead atoms. The normalized spacial score (nSPS) is 11.8. The van der Waals surface area contributed by atoms with Gasteiger partial charge < -0.3 is 0 Å². The van der Waals surface area contributed by atoms with Gasteiger partial charge in [0.25, 0.3) is 0 Å². The fourth-order valence-electron chi connectivity index (χ4n) is 6.40. The van der Waals surface area contributed by atoms with Gasteiger partial charge in [-0.3, -0.25) is 14.4 Å². The first-order chi connectivity index (χ1) is 21.7. The van der Waals surface area contributed by atoms with Crippen LogP contribution in [0.25, 0.3) is 83.0 Å². The zero-order valence-electron chi connectivity index (χ0n) is 23.9. The molecular formula is C39H25N5. The minimum Gasteiger partial charge on any atom is -0.276 e. The summed E-state index contributed by atoms with van der Waals surface area (Å²) in [6.07, 6.45) is 3.77. The number of benzene rings is 5. The van der Waals surface area contributed by atoms with Crippen LogP contribution in [-0.2, 0) is 0 Å². The van der Waals surface area contributed by atoms with Crippen molar-refractivity contribution in [3.05, 3.63) is 139 Å². The molecule has 44 heavy (non-hydrogen) atoms. The van der Waals surface area contributed by atoms with E-state index < -0.39 is 0 Å². The Morgan fingerprint density at radius 2 is 1.05 bits per heavy atom. The highest BCUT2D eigenvalue weighted by Crippen LogP contribution is 2.36. The van der Waals surface area contributed by atoms with E-state index >= 15 is 0 Å². The summed E-state index contributed by atoms with van der Waals surface area (Å²) in [5.74, 6) is 0.873. The number of imidazole rings is 1. The van der Waals surface area contributed by atoms with Gasteiger partial charge >= 0.3 is 0 Å². The first-order valence-corrected chi connectivity index (χ1v) is 14.7. The van der Waals surface area contributed by atoms with Crippen LogP contribution in [0.4, 0.5) is 0 Å². The Kier molecular flexibility index (Phi) is 5.34. The van der Waals surface area contributed by atoms with E-state index in [1.54, 1.807) is 0 Å². The molecule has 0 spiro atoms. The molecule has 0 unspecified atom stereocenters. The fraction of sp³-hybridized carbons (Fsp3) is 0.0256. The van der Waals surface area contributed by atoms with Gasteiger partial charge in [0.05, 0.1) is 27.6 Å². The largest absolute Gasteiger partial charge is 0.276 e. The van der Waals surface area contributed by atoms with E-state index in [4.69, 9.17) is 19.9 Å². The molecule has 0 aliphatic carbocycles. The summed E-state index contributed by atoms with van der Waals surface area (Å²) in [6.45, 7) is 2.11. The van der Waals surface area contributed by atoms with Crippen LogP contribution in [0.5, 0.6) is 0 Å². The summed E-state index contributed by atoms with van der Waals surface area (Å²) in [5, 5.41) is 3.22. The molecule has 4 heterocycles. The van der Waals surface area contributed by atoms with Gasteiger partial charge in [-0.25, -0.2) is 9.97 Å². The van der Waals surface area contributed by atoms with Gasteiger partial charge in [0.2, 0.25) is 0 Å². The van der Waals surface area contributed by atoms with E-state index in [-0.39, 0.29) is 0 Å². The predicted molar refractivity (Wildman–Crippen MR) is 180 cm³/mol. The molecule has 4 aromatic heterocycles. The Balaban J connectivity index is 1.19. The van der Waals surface area contributed by atoms with Gasteiger partial charge in [0.15, 0.2) is 0 Å². The van der Waals surface area contributed by atoms with Crippen LogP contribution in [0.15, 0.2) is 134 Å². The molecule has 0 saturated heterocycles. The Morgan fingerprint density at radius 3 is 1.73 bits per heavy atom. The fourth-order valence-corrected chi connectivity index (χ4v) is 6.40. The van der Waals surface area contributed by atoms with Gasteiger partial charge in [-0.15, -0.1) is 0 Å². The number of para-hydroxylation sites is 3.